The Hall–Kier alpha value is -0.330. The van der Waals surface area contributed by atoms with Crippen LogP contribution in [0.3, 0.4) is 0 Å². The van der Waals surface area contributed by atoms with Gasteiger partial charge in [0.15, 0.2) is 0 Å². The molecule has 0 amide bonds. The van der Waals surface area contributed by atoms with Crippen molar-refractivity contribution in [1.82, 2.24) is 5.16 Å². The van der Waals surface area contributed by atoms with Gasteiger partial charge < -0.3 is 9.26 Å². The summed E-state index contributed by atoms with van der Waals surface area (Å²) in [4.78, 5) is 0. The first-order valence-corrected chi connectivity index (χ1v) is 7.56. The summed E-state index contributed by atoms with van der Waals surface area (Å²) in [6.45, 7) is 4.21. The summed E-state index contributed by atoms with van der Waals surface area (Å²) >= 11 is 10.4. The van der Waals surface area contributed by atoms with Crippen molar-refractivity contribution in [3.8, 4) is 5.75 Å². The molecule has 0 saturated carbocycles. The lowest BCUT2D eigenvalue weighted by molar-refractivity contribution is 0.298. The monoisotopic (exact) mass is 437 g/mol. The van der Waals surface area contributed by atoms with Crippen molar-refractivity contribution in [2.45, 2.75) is 20.5 Å². The van der Waals surface area contributed by atoms with Crippen LogP contribution in [-0.4, -0.2) is 5.16 Å². The highest BCUT2D eigenvalue weighted by Crippen LogP contribution is 2.37. The highest BCUT2D eigenvalue weighted by molar-refractivity contribution is 9.11. The molecule has 0 unspecified atom stereocenters. The van der Waals surface area contributed by atoms with E-state index in [1.807, 2.05) is 26.0 Å². The molecule has 0 saturated heterocycles. The Morgan fingerprint density at radius 2 is 1.78 bits per heavy atom. The third-order valence-corrected chi connectivity index (χ3v) is 4.14. The molecule has 96 valence electrons. The summed E-state index contributed by atoms with van der Waals surface area (Å²) in [6.07, 6.45) is 0. The van der Waals surface area contributed by atoms with Gasteiger partial charge in [-0.1, -0.05) is 21.1 Å². The average Bonchev–Trinajstić information content (AvgIpc) is 2.58. The first-order chi connectivity index (χ1) is 8.49. The van der Waals surface area contributed by atoms with Crippen molar-refractivity contribution < 1.29 is 9.26 Å². The second-order valence-electron chi connectivity index (χ2n) is 3.79. The third-order valence-electron chi connectivity index (χ3n) is 2.51. The minimum atomic E-state index is 0.431. The standard InChI is InChI=1S/C12H10Br3NO2/c1-6-9(7(2)18-16-6)5-17-12-10(14)3-8(13)4-11(12)15/h3-4H,5H2,1-2H3. The molecule has 2 rings (SSSR count). The third kappa shape index (κ3) is 2.97. The van der Waals surface area contributed by atoms with Crippen molar-refractivity contribution in [2.75, 3.05) is 0 Å². The predicted octanol–water partition coefficient (Wildman–Crippen LogP) is 5.16. The highest BCUT2D eigenvalue weighted by atomic mass is 79.9. The predicted molar refractivity (Wildman–Crippen MR) is 79.9 cm³/mol. The van der Waals surface area contributed by atoms with E-state index in [1.54, 1.807) is 0 Å². The second-order valence-corrected chi connectivity index (χ2v) is 6.41. The molecule has 0 aliphatic carbocycles. The van der Waals surface area contributed by atoms with Crippen molar-refractivity contribution in [1.29, 1.82) is 0 Å². The summed E-state index contributed by atoms with van der Waals surface area (Å²) in [7, 11) is 0. The van der Waals surface area contributed by atoms with Crippen LogP contribution < -0.4 is 4.74 Å². The van der Waals surface area contributed by atoms with Gasteiger partial charge in [-0.25, -0.2) is 0 Å². The molecular formula is C12H10Br3NO2. The van der Waals surface area contributed by atoms with E-state index in [4.69, 9.17) is 9.26 Å². The number of halogens is 3. The number of ether oxygens (including phenoxy) is 1. The fourth-order valence-electron chi connectivity index (χ4n) is 1.52. The number of rotatable bonds is 3. The lowest BCUT2D eigenvalue weighted by atomic mass is 10.2. The van der Waals surface area contributed by atoms with Crippen LogP contribution in [0.4, 0.5) is 0 Å². The molecule has 1 aromatic carbocycles. The molecular weight excluding hydrogens is 430 g/mol. The normalized spacial score (nSPS) is 10.7. The van der Waals surface area contributed by atoms with Gasteiger partial charge in [0.2, 0.25) is 0 Å². The minimum Gasteiger partial charge on any atom is -0.486 e. The molecule has 0 spiro atoms. The zero-order chi connectivity index (χ0) is 13.3. The van der Waals surface area contributed by atoms with E-state index in [-0.39, 0.29) is 0 Å². The van der Waals surface area contributed by atoms with Crippen molar-refractivity contribution in [2.24, 2.45) is 0 Å². The Kier molecular flexibility index (Phi) is 4.50. The molecule has 0 N–H and O–H groups in total. The van der Waals surface area contributed by atoms with E-state index in [0.717, 1.165) is 36.2 Å². The van der Waals surface area contributed by atoms with Gasteiger partial charge in [-0.2, -0.15) is 0 Å². The first-order valence-electron chi connectivity index (χ1n) is 5.18. The van der Waals surface area contributed by atoms with Crippen LogP contribution in [0.5, 0.6) is 5.75 Å². The Labute approximate surface area is 130 Å². The number of benzene rings is 1. The zero-order valence-electron chi connectivity index (χ0n) is 9.76. The summed E-state index contributed by atoms with van der Waals surface area (Å²) in [5.74, 6) is 1.55. The number of hydrogen-bond acceptors (Lipinski definition) is 3. The molecule has 3 nitrogen and oxygen atoms in total. The van der Waals surface area contributed by atoms with Gasteiger partial charge >= 0.3 is 0 Å². The number of aromatic nitrogens is 1. The fourth-order valence-corrected chi connectivity index (χ4v) is 4.01. The molecule has 2 aromatic rings. The van der Waals surface area contributed by atoms with Crippen LogP contribution in [0.2, 0.25) is 0 Å². The lowest BCUT2D eigenvalue weighted by Crippen LogP contribution is -1.99. The van der Waals surface area contributed by atoms with Crippen LogP contribution in [0.15, 0.2) is 30.1 Å². The van der Waals surface area contributed by atoms with Gasteiger partial charge in [0, 0.05) is 4.47 Å². The number of aryl methyl sites for hydroxylation is 2. The second kappa shape index (κ2) is 5.75. The summed E-state index contributed by atoms with van der Waals surface area (Å²) in [5.41, 5.74) is 1.84. The average molecular weight is 440 g/mol. The van der Waals surface area contributed by atoms with Crippen molar-refractivity contribution in [3.63, 3.8) is 0 Å². The first kappa shape index (κ1) is 14.1. The maximum absolute atomic E-state index is 5.81. The van der Waals surface area contributed by atoms with E-state index < -0.39 is 0 Å². The van der Waals surface area contributed by atoms with E-state index >= 15 is 0 Å². The minimum absolute atomic E-state index is 0.431. The molecule has 18 heavy (non-hydrogen) atoms. The van der Waals surface area contributed by atoms with Gasteiger partial charge in [0.1, 0.15) is 18.1 Å². The largest absolute Gasteiger partial charge is 0.486 e. The molecule has 0 fully saturated rings. The summed E-state index contributed by atoms with van der Waals surface area (Å²) in [6, 6.07) is 3.88. The summed E-state index contributed by atoms with van der Waals surface area (Å²) < 4.78 is 13.7. The van der Waals surface area contributed by atoms with E-state index in [9.17, 15) is 0 Å². The van der Waals surface area contributed by atoms with E-state index in [0.29, 0.717) is 6.61 Å². The molecule has 6 heteroatoms. The van der Waals surface area contributed by atoms with Crippen LogP contribution in [0.1, 0.15) is 17.0 Å². The van der Waals surface area contributed by atoms with Crippen LogP contribution in [-0.2, 0) is 6.61 Å². The lowest BCUT2D eigenvalue weighted by Gasteiger charge is -2.10. The molecule has 0 radical (unpaired) electrons. The van der Waals surface area contributed by atoms with E-state index in [2.05, 4.69) is 52.9 Å². The molecule has 0 bridgehead atoms. The Morgan fingerprint density at radius 1 is 1.17 bits per heavy atom. The number of hydrogen-bond donors (Lipinski definition) is 0. The van der Waals surface area contributed by atoms with Crippen LogP contribution >= 0.6 is 47.8 Å². The van der Waals surface area contributed by atoms with Crippen LogP contribution in [0.25, 0.3) is 0 Å². The maximum Gasteiger partial charge on any atom is 0.148 e. The molecule has 0 atom stereocenters. The molecule has 0 aliphatic heterocycles. The van der Waals surface area contributed by atoms with Crippen LogP contribution in [0, 0.1) is 13.8 Å². The quantitative estimate of drug-likeness (QED) is 0.662. The van der Waals surface area contributed by atoms with Gasteiger partial charge in [-0.15, -0.1) is 0 Å². The smallest absolute Gasteiger partial charge is 0.148 e. The molecule has 0 aliphatic rings. The fraction of sp³-hybridized carbons (Fsp3) is 0.250. The molecule has 1 aromatic heterocycles. The highest BCUT2D eigenvalue weighted by Gasteiger charge is 2.13. The summed E-state index contributed by atoms with van der Waals surface area (Å²) in [5, 5.41) is 3.90. The van der Waals surface area contributed by atoms with Gasteiger partial charge in [-0.3, -0.25) is 0 Å². The molecule has 1 heterocycles. The topological polar surface area (TPSA) is 35.3 Å². The zero-order valence-corrected chi connectivity index (χ0v) is 14.5. The SMILES string of the molecule is Cc1noc(C)c1COc1c(Br)cc(Br)cc1Br. The Balaban J connectivity index is 2.21. The van der Waals surface area contributed by atoms with Crippen molar-refractivity contribution in [3.05, 3.63) is 42.6 Å². The van der Waals surface area contributed by atoms with Gasteiger partial charge in [0.05, 0.1) is 20.2 Å². The van der Waals surface area contributed by atoms with E-state index in [1.165, 1.54) is 0 Å². The van der Waals surface area contributed by atoms with Crippen molar-refractivity contribution >= 4 is 47.8 Å². The Morgan fingerprint density at radius 3 is 2.28 bits per heavy atom. The van der Waals surface area contributed by atoms with Gasteiger partial charge in [0.25, 0.3) is 0 Å². The maximum atomic E-state index is 5.81. The van der Waals surface area contributed by atoms with Gasteiger partial charge in [-0.05, 0) is 57.8 Å². The Bertz CT molecular complexity index is 538. The number of nitrogens with zero attached hydrogens (tertiary/aromatic N) is 1.